The van der Waals surface area contributed by atoms with Crippen molar-refractivity contribution in [3.05, 3.63) is 142 Å². The van der Waals surface area contributed by atoms with Crippen LogP contribution in [0.2, 0.25) is 5.02 Å². The van der Waals surface area contributed by atoms with Crippen LogP contribution in [0.15, 0.2) is 123 Å². The lowest BCUT2D eigenvalue weighted by molar-refractivity contribution is -0.136. The predicted molar refractivity (Wildman–Crippen MR) is 163 cm³/mol. The van der Waals surface area contributed by atoms with Crippen LogP contribution in [0.25, 0.3) is 6.08 Å². The van der Waals surface area contributed by atoms with Gasteiger partial charge in [0.05, 0.1) is 36.2 Å². The van der Waals surface area contributed by atoms with E-state index in [-0.39, 0.29) is 47.3 Å². The third kappa shape index (κ3) is 6.64. The highest BCUT2D eigenvalue weighted by Crippen LogP contribution is 2.33. The van der Waals surface area contributed by atoms with Gasteiger partial charge in [0.15, 0.2) is 0 Å². The Kier molecular flexibility index (Phi) is 8.96. The van der Waals surface area contributed by atoms with Crippen LogP contribution < -0.4 is 0 Å². The Morgan fingerprint density at radius 1 is 0.907 bits per heavy atom. The number of nitrogens with zero attached hydrogens (tertiary/aromatic N) is 2. The molecule has 3 aromatic carbocycles. The van der Waals surface area contributed by atoms with Crippen LogP contribution in [0.1, 0.15) is 29.6 Å². The van der Waals surface area contributed by atoms with Crippen molar-refractivity contribution in [2.45, 2.75) is 31.5 Å². The Balaban J connectivity index is 1.45. The van der Waals surface area contributed by atoms with E-state index in [0.29, 0.717) is 16.5 Å². The fourth-order valence-corrected chi connectivity index (χ4v) is 6.35. The molecule has 0 saturated heterocycles. The molecule has 0 N–H and O–H groups in total. The maximum Gasteiger partial charge on any atom is 0.340 e. The highest BCUT2D eigenvalue weighted by molar-refractivity contribution is 7.89. The van der Waals surface area contributed by atoms with Crippen molar-refractivity contribution in [2.75, 3.05) is 7.11 Å². The van der Waals surface area contributed by atoms with Gasteiger partial charge >= 0.3 is 5.97 Å². The number of carbonyl (C=O) groups is 2. The molecule has 0 radical (unpaired) electrons. The molecule has 2 heterocycles. The van der Waals surface area contributed by atoms with Gasteiger partial charge in [0.2, 0.25) is 10.0 Å². The van der Waals surface area contributed by atoms with E-state index in [2.05, 4.69) is 0 Å². The molecular weight excluding hydrogens is 588 g/mol. The molecule has 10 heteroatoms. The van der Waals surface area contributed by atoms with E-state index in [1.165, 1.54) is 46.7 Å². The molecule has 43 heavy (non-hydrogen) atoms. The third-order valence-electron chi connectivity index (χ3n) is 7.04. The van der Waals surface area contributed by atoms with Crippen LogP contribution in [0.3, 0.4) is 0 Å². The van der Waals surface area contributed by atoms with Crippen LogP contribution in [-0.2, 0) is 44.0 Å². The minimum absolute atomic E-state index is 0.0736. The standard InChI is InChI=1S/C33H29ClN2O6S/c1-23-31(33(38)41-2)30(32(37)36(23)21-25-11-7-4-8-12-25)19-27-15-16-28(42-27)22-35(20-24-9-5-3-6-10-24)43(39,40)29-17-13-26(34)14-18-29/h3-19H,20-22H2,1-2H3/b30-19+. The van der Waals surface area contributed by atoms with E-state index >= 15 is 0 Å². The second-order valence-electron chi connectivity index (χ2n) is 9.90. The maximum absolute atomic E-state index is 13.7. The molecule has 1 aliphatic heterocycles. The van der Waals surface area contributed by atoms with Crippen molar-refractivity contribution in [3.8, 4) is 0 Å². The normalized spacial score (nSPS) is 14.7. The van der Waals surface area contributed by atoms with E-state index in [1.807, 2.05) is 60.7 Å². The largest absolute Gasteiger partial charge is 0.465 e. The molecule has 1 amide bonds. The first-order valence-electron chi connectivity index (χ1n) is 13.4. The highest BCUT2D eigenvalue weighted by atomic mass is 35.5. The Morgan fingerprint density at radius 2 is 1.53 bits per heavy atom. The fourth-order valence-electron chi connectivity index (χ4n) is 4.83. The molecule has 0 atom stereocenters. The molecule has 0 spiro atoms. The van der Waals surface area contributed by atoms with Crippen molar-refractivity contribution in [1.82, 2.24) is 9.21 Å². The number of benzene rings is 3. The number of furan rings is 1. The van der Waals surface area contributed by atoms with E-state index < -0.39 is 16.0 Å². The number of rotatable bonds is 10. The molecule has 220 valence electrons. The van der Waals surface area contributed by atoms with E-state index in [4.69, 9.17) is 20.8 Å². The average molecular weight is 617 g/mol. The van der Waals surface area contributed by atoms with Gasteiger partial charge in [-0.2, -0.15) is 4.31 Å². The summed E-state index contributed by atoms with van der Waals surface area (Å²) < 4.78 is 39.7. The van der Waals surface area contributed by atoms with Gasteiger partial charge in [0, 0.05) is 17.3 Å². The maximum atomic E-state index is 13.7. The van der Waals surface area contributed by atoms with Gasteiger partial charge < -0.3 is 14.1 Å². The summed E-state index contributed by atoms with van der Waals surface area (Å²) in [7, 11) is -2.67. The number of sulfonamides is 1. The van der Waals surface area contributed by atoms with Crippen molar-refractivity contribution < 1.29 is 27.2 Å². The molecule has 4 aromatic rings. The number of methoxy groups -OCH3 is 1. The van der Waals surface area contributed by atoms with E-state index in [1.54, 1.807) is 19.1 Å². The molecule has 0 fully saturated rings. The van der Waals surface area contributed by atoms with Gasteiger partial charge in [-0.05, 0) is 60.5 Å². The van der Waals surface area contributed by atoms with E-state index in [0.717, 1.165) is 11.1 Å². The molecule has 1 aromatic heterocycles. The van der Waals surface area contributed by atoms with Crippen molar-refractivity contribution in [3.63, 3.8) is 0 Å². The summed E-state index contributed by atoms with van der Waals surface area (Å²) in [5.74, 6) is -0.358. The van der Waals surface area contributed by atoms with Crippen LogP contribution in [0.5, 0.6) is 0 Å². The average Bonchev–Trinajstić information content (AvgIpc) is 3.55. The first-order chi connectivity index (χ1) is 20.7. The minimum atomic E-state index is -3.93. The van der Waals surface area contributed by atoms with Crippen LogP contribution in [-0.4, -0.2) is 36.6 Å². The number of hydrogen-bond acceptors (Lipinski definition) is 6. The summed E-state index contributed by atoms with van der Waals surface area (Å²) in [5, 5.41) is 0.427. The number of hydrogen-bond donors (Lipinski definition) is 0. The van der Waals surface area contributed by atoms with Crippen molar-refractivity contribution in [2.24, 2.45) is 0 Å². The highest BCUT2D eigenvalue weighted by Gasteiger charge is 2.37. The quantitative estimate of drug-likeness (QED) is 0.156. The SMILES string of the molecule is COC(=O)C1=C(C)N(Cc2ccccc2)C(=O)/C1=C/c1ccc(CN(Cc2ccccc2)S(=O)(=O)c2ccc(Cl)cc2)o1. The number of halogens is 1. The van der Waals surface area contributed by atoms with Gasteiger partial charge in [-0.15, -0.1) is 0 Å². The summed E-state index contributed by atoms with van der Waals surface area (Å²) in [6.07, 6.45) is 1.49. The minimum Gasteiger partial charge on any atom is -0.465 e. The number of amides is 1. The molecular formula is C33H29ClN2O6S. The second-order valence-corrected chi connectivity index (χ2v) is 12.3. The summed E-state index contributed by atoms with van der Waals surface area (Å²) in [6, 6.07) is 27.9. The van der Waals surface area contributed by atoms with Crippen LogP contribution >= 0.6 is 11.6 Å². The van der Waals surface area contributed by atoms with Gasteiger partial charge in [0.25, 0.3) is 5.91 Å². The summed E-state index contributed by atoms with van der Waals surface area (Å²) in [4.78, 5) is 27.9. The number of esters is 1. The lowest BCUT2D eigenvalue weighted by atomic mass is 10.1. The Morgan fingerprint density at radius 3 is 2.16 bits per heavy atom. The van der Waals surface area contributed by atoms with Gasteiger partial charge in [0.1, 0.15) is 11.5 Å². The third-order valence-corrected chi connectivity index (χ3v) is 9.10. The Bertz CT molecular complexity index is 1800. The molecule has 5 rings (SSSR count). The Labute approximate surface area is 255 Å². The summed E-state index contributed by atoms with van der Waals surface area (Å²) in [5.41, 5.74) is 2.46. The molecule has 0 unspecified atom stereocenters. The Hall–Kier alpha value is -4.44. The zero-order valence-electron chi connectivity index (χ0n) is 23.6. The monoisotopic (exact) mass is 616 g/mol. The molecule has 0 bridgehead atoms. The summed E-state index contributed by atoms with van der Waals surface area (Å²) >= 11 is 5.99. The molecule has 1 aliphatic rings. The topological polar surface area (TPSA) is 97.1 Å². The van der Waals surface area contributed by atoms with Gasteiger partial charge in [-0.1, -0.05) is 72.3 Å². The zero-order chi connectivity index (χ0) is 30.6. The first-order valence-corrected chi connectivity index (χ1v) is 15.2. The number of allylic oxidation sites excluding steroid dienone is 1. The van der Waals surface area contributed by atoms with Crippen molar-refractivity contribution >= 4 is 39.6 Å². The van der Waals surface area contributed by atoms with Crippen molar-refractivity contribution in [1.29, 1.82) is 0 Å². The van der Waals surface area contributed by atoms with Crippen LogP contribution in [0.4, 0.5) is 0 Å². The number of ether oxygens (including phenoxy) is 1. The second kappa shape index (κ2) is 12.8. The zero-order valence-corrected chi connectivity index (χ0v) is 25.1. The predicted octanol–water partition coefficient (Wildman–Crippen LogP) is 6.20. The molecule has 0 saturated carbocycles. The smallest absolute Gasteiger partial charge is 0.340 e. The van der Waals surface area contributed by atoms with E-state index in [9.17, 15) is 18.0 Å². The lowest BCUT2D eigenvalue weighted by Crippen LogP contribution is -2.30. The number of carbonyl (C=O) groups excluding carboxylic acids is 2. The summed E-state index contributed by atoms with van der Waals surface area (Å²) in [6.45, 7) is 2.01. The van der Waals surface area contributed by atoms with Gasteiger partial charge in [-0.25, -0.2) is 13.2 Å². The molecule has 0 aliphatic carbocycles. The van der Waals surface area contributed by atoms with Gasteiger partial charge in [-0.3, -0.25) is 4.79 Å². The lowest BCUT2D eigenvalue weighted by Gasteiger charge is -2.21. The van der Waals surface area contributed by atoms with Crippen LogP contribution in [0, 0.1) is 0 Å². The first kappa shape index (κ1) is 30.0. The molecule has 8 nitrogen and oxygen atoms in total. The fraction of sp³-hybridized carbons (Fsp3) is 0.152.